The van der Waals surface area contributed by atoms with Crippen molar-refractivity contribution < 1.29 is 9.18 Å². The van der Waals surface area contributed by atoms with Gasteiger partial charge in [0.25, 0.3) is 0 Å². The van der Waals surface area contributed by atoms with Gasteiger partial charge >= 0.3 is 0 Å². The van der Waals surface area contributed by atoms with Crippen molar-refractivity contribution in [1.29, 1.82) is 0 Å². The lowest BCUT2D eigenvalue weighted by Crippen LogP contribution is -2.43. The van der Waals surface area contributed by atoms with E-state index in [-0.39, 0.29) is 48.8 Å². The summed E-state index contributed by atoms with van der Waals surface area (Å²) in [5.74, 6) is 0.107. The van der Waals surface area contributed by atoms with Crippen LogP contribution >= 0.6 is 24.0 Å². The molecule has 2 aromatic rings. The Bertz CT molecular complexity index is 742. The van der Waals surface area contributed by atoms with Gasteiger partial charge in [0.05, 0.1) is 6.54 Å². The number of hydrogen-bond acceptors (Lipinski definition) is 3. The second-order valence-electron chi connectivity index (χ2n) is 5.76. The van der Waals surface area contributed by atoms with E-state index in [9.17, 15) is 9.18 Å². The van der Waals surface area contributed by atoms with Crippen LogP contribution in [0.15, 0.2) is 53.7 Å². The highest BCUT2D eigenvalue weighted by Crippen LogP contribution is 2.05. The Morgan fingerprint density at radius 1 is 1.19 bits per heavy atom. The molecule has 2 rings (SSSR count). The van der Waals surface area contributed by atoms with E-state index in [2.05, 4.69) is 20.6 Å². The fraction of sp³-hybridized carbons (Fsp3) is 0.316. The summed E-state index contributed by atoms with van der Waals surface area (Å²) in [6.45, 7) is 0.977. The van der Waals surface area contributed by atoms with Crippen molar-refractivity contribution in [2.45, 2.75) is 13.0 Å². The minimum absolute atomic E-state index is 0. The molecule has 1 aromatic carbocycles. The molecule has 0 atom stereocenters. The number of likely N-dealkylation sites (N-methyl/N-ethyl adjacent to an activating group) is 1. The molecule has 0 radical (unpaired) electrons. The molecule has 1 amide bonds. The van der Waals surface area contributed by atoms with Crippen molar-refractivity contribution in [3.8, 4) is 0 Å². The zero-order chi connectivity index (χ0) is 18.8. The van der Waals surface area contributed by atoms with E-state index in [0.717, 1.165) is 5.69 Å². The van der Waals surface area contributed by atoms with E-state index in [1.54, 1.807) is 43.4 Å². The van der Waals surface area contributed by atoms with Gasteiger partial charge in [0.1, 0.15) is 5.82 Å². The first-order chi connectivity index (χ1) is 12.6. The van der Waals surface area contributed by atoms with Gasteiger partial charge in [-0.2, -0.15) is 0 Å². The molecule has 0 aliphatic rings. The molecule has 0 saturated carbocycles. The van der Waals surface area contributed by atoms with Crippen LogP contribution in [0, 0.1) is 5.82 Å². The number of benzene rings is 1. The van der Waals surface area contributed by atoms with Gasteiger partial charge in [0.15, 0.2) is 5.96 Å². The van der Waals surface area contributed by atoms with Crippen LogP contribution in [0.3, 0.4) is 0 Å². The lowest BCUT2D eigenvalue weighted by atomic mass is 10.2. The SMILES string of the molecule is CN=C(NCC(=O)N(C)CCc1ccccn1)NCc1ccccc1F.I. The number of rotatable bonds is 7. The Labute approximate surface area is 176 Å². The van der Waals surface area contributed by atoms with Gasteiger partial charge in [-0.1, -0.05) is 24.3 Å². The highest BCUT2D eigenvalue weighted by atomic mass is 127. The van der Waals surface area contributed by atoms with Gasteiger partial charge in [0.2, 0.25) is 5.91 Å². The second kappa shape index (κ2) is 12.2. The molecule has 8 heteroatoms. The molecule has 0 aliphatic carbocycles. The molecule has 0 unspecified atom stereocenters. The van der Waals surface area contributed by atoms with Crippen LogP contribution in [0.4, 0.5) is 4.39 Å². The molecule has 0 fully saturated rings. The number of aliphatic imine (C=N–C) groups is 1. The fourth-order valence-corrected chi connectivity index (χ4v) is 2.29. The number of nitrogens with one attached hydrogen (secondary N) is 2. The Balaban J connectivity index is 0.00000364. The summed E-state index contributed by atoms with van der Waals surface area (Å²) in [5, 5.41) is 5.94. The van der Waals surface area contributed by atoms with Crippen LogP contribution in [-0.4, -0.2) is 48.9 Å². The van der Waals surface area contributed by atoms with Gasteiger partial charge in [0, 0.05) is 51.1 Å². The molecular weight excluding hydrogens is 460 g/mol. The lowest BCUT2D eigenvalue weighted by Gasteiger charge is -2.18. The third-order valence-electron chi connectivity index (χ3n) is 3.89. The Hall–Kier alpha value is -2.23. The summed E-state index contributed by atoms with van der Waals surface area (Å²) in [5.41, 5.74) is 1.48. The Morgan fingerprint density at radius 3 is 2.59 bits per heavy atom. The minimum Gasteiger partial charge on any atom is -0.352 e. The topological polar surface area (TPSA) is 69.6 Å². The third-order valence-corrected chi connectivity index (χ3v) is 3.89. The van der Waals surface area contributed by atoms with E-state index >= 15 is 0 Å². The van der Waals surface area contributed by atoms with E-state index < -0.39 is 0 Å². The quantitative estimate of drug-likeness (QED) is 0.359. The number of amides is 1. The first kappa shape index (κ1) is 22.8. The van der Waals surface area contributed by atoms with E-state index in [1.165, 1.54) is 6.07 Å². The first-order valence-electron chi connectivity index (χ1n) is 8.42. The van der Waals surface area contributed by atoms with Crippen molar-refractivity contribution in [3.63, 3.8) is 0 Å². The maximum Gasteiger partial charge on any atom is 0.241 e. The van der Waals surface area contributed by atoms with Crippen LogP contribution in [-0.2, 0) is 17.8 Å². The highest BCUT2D eigenvalue weighted by Gasteiger charge is 2.10. The fourth-order valence-electron chi connectivity index (χ4n) is 2.29. The smallest absolute Gasteiger partial charge is 0.241 e. The average molecular weight is 485 g/mol. The number of hydrogen-bond donors (Lipinski definition) is 2. The minimum atomic E-state index is -0.277. The lowest BCUT2D eigenvalue weighted by molar-refractivity contribution is -0.128. The predicted octanol–water partition coefficient (Wildman–Crippen LogP) is 2.20. The molecule has 1 heterocycles. The molecule has 146 valence electrons. The molecule has 0 bridgehead atoms. The second-order valence-corrected chi connectivity index (χ2v) is 5.76. The van der Waals surface area contributed by atoms with Gasteiger partial charge in [-0.15, -0.1) is 24.0 Å². The van der Waals surface area contributed by atoms with Gasteiger partial charge in [-0.3, -0.25) is 14.8 Å². The number of nitrogens with zero attached hydrogens (tertiary/aromatic N) is 3. The van der Waals surface area contributed by atoms with Crippen molar-refractivity contribution >= 4 is 35.8 Å². The Kier molecular flexibility index (Phi) is 10.3. The summed E-state index contributed by atoms with van der Waals surface area (Å²) >= 11 is 0. The number of pyridine rings is 1. The van der Waals surface area contributed by atoms with Gasteiger partial charge < -0.3 is 15.5 Å². The maximum absolute atomic E-state index is 13.6. The van der Waals surface area contributed by atoms with Crippen molar-refractivity contribution in [2.75, 3.05) is 27.2 Å². The van der Waals surface area contributed by atoms with Crippen molar-refractivity contribution in [2.24, 2.45) is 4.99 Å². The summed E-state index contributed by atoms with van der Waals surface area (Å²) in [7, 11) is 3.36. The molecule has 2 N–H and O–H groups in total. The molecule has 27 heavy (non-hydrogen) atoms. The van der Waals surface area contributed by atoms with Crippen LogP contribution in [0.2, 0.25) is 0 Å². The van der Waals surface area contributed by atoms with Crippen LogP contribution in [0.5, 0.6) is 0 Å². The van der Waals surface area contributed by atoms with Gasteiger partial charge in [-0.05, 0) is 18.2 Å². The first-order valence-corrected chi connectivity index (χ1v) is 8.42. The number of carbonyl (C=O) groups is 1. The maximum atomic E-state index is 13.6. The molecule has 1 aromatic heterocycles. The number of aromatic nitrogens is 1. The molecule has 0 saturated heterocycles. The third kappa shape index (κ3) is 7.90. The normalized spacial score (nSPS) is 10.7. The molecule has 6 nitrogen and oxygen atoms in total. The van der Waals surface area contributed by atoms with Crippen molar-refractivity contribution in [3.05, 3.63) is 65.7 Å². The predicted molar refractivity (Wildman–Crippen MR) is 116 cm³/mol. The van der Waals surface area contributed by atoms with Crippen molar-refractivity contribution in [1.82, 2.24) is 20.5 Å². The molecule has 0 spiro atoms. The zero-order valence-electron chi connectivity index (χ0n) is 15.5. The summed E-state index contributed by atoms with van der Waals surface area (Å²) in [6, 6.07) is 12.3. The largest absolute Gasteiger partial charge is 0.352 e. The highest BCUT2D eigenvalue weighted by molar-refractivity contribution is 14.0. The van der Waals surface area contributed by atoms with E-state index in [0.29, 0.717) is 24.5 Å². The Morgan fingerprint density at radius 2 is 1.93 bits per heavy atom. The van der Waals surface area contributed by atoms with E-state index in [4.69, 9.17) is 0 Å². The van der Waals surface area contributed by atoms with Gasteiger partial charge in [-0.25, -0.2) is 4.39 Å². The number of carbonyl (C=O) groups excluding carboxylic acids is 1. The number of halogens is 2. The number of guanidine groups is 1. The van der Waals surface area contributed by atoms with Crippen LogP contribution in [0.1, 0.15) is 11.3 Å². The summed E-state index contributed by atoms with van der Waals surface area (Å²) < 4.78 is 13.6. The molecular formula is C19H25FIN5O. The summed E-state index contributed by atoms with van der Waals surface area (Å²) in [4.78, 5) is 22.2. The summed E-state index contributed by atoms with van der Waals surface area (Å²) in [6.07, 6.45) is 2.44. The average Bonchev–Trinajstić information content (AvgIpc) is 2.68. The standard InChI is InChI=1S/C19H24FN5O.HI/c1-21-19(23-13-15-7-3-4-9-17(15)20)24-14-18(26)25(2)12-10-16-8-5-6-11-22-16;/h3-9,11H,10,12-14H2,1-2H3,(H2,21,23,24);1H. The van der Waals surface area contributed by atoms with Crippen LogP contribution < -0.4 is 10.6 Å². The zero-order valence-corrected chi connectivity index (χ0v) is 17.8. The van der Waals surface area contributed by atoms with Crippen LogP contribution in [0.25, 0.3) is 0 Å². The monoisotopic (exact) mass is 485 g/mol. The van der Waals surface area contributed by atoms with E-state index in [1.807, 2.05) is 18.2 Å². The molecule has 0 aliphatic heterocycles.